The smallest absolute Gasteiger partial charge is 0.113 e. The standard InChI is InChI=1S/C20H28N4/c1-3-4-5-6-7-8-12-19(17-14-15-23(2)16-17)24-20-13-10-9-11-18(20)21-22-24/h9-11,13-16,19H,3-8,12H2,1-2H3. The molecule has 1 atom stereocenters. The second-order valence-corrected chi connectivity index (χ2v) is 6.71. The molecule has 2 aromatic heterocycles. The molecule has 3 aromatic rings. The zero-order valence-electron chi connectivity index (χ0n) is 14.9. The Morgan fingerprint density at radius 3 is 2.58 bits per heavy atom. The SMILES string of the molecule is CCCCCCCCC(c1ccn(C)c1)n1nnc2ccccc21. The van der Waals surface area contributed by atoms with Gasteiger partial charge in [0, 0.05) is 19.4 Å². The van der Waals surface area contributed by atoms with Crippen LogP contribution in [-0.2, 0) is 7.05 Å². The van der Waals surface area contributed by atoms with E-state index in [9.17, 15) is 0 Å². The fraction of sp³-hybridized carbons (Fsp3) is 0.500. The molecule has 0 N–H and O–H groups in total. The van der Waals surface area contributed by atoms with E-state index in [1.807, 2.05) is 12.1 Å². The first-order valence-electron chi connectivity index (χ1n) is 9.21. The fourth-order valence-electron chi connectivity index (χ4n) is 3.39. The number of rotatable bonds is 9. The van der Waals surface area contributed by atoms with Gasteiger partial charge in [0.1, 0.15) is 5.52 Å². The van der Waals surface area contributed by atoms with Gasteiger partial charge in [-0.05, 0) is 30.2 Å². The van der Waals surface area contributed by atoms with Gasteiger partial charge in [-0.1, -0.05) is 62.8 Å². The van der Waals surface area contributed by atoms with Gasteiger partial charge in [-0.3, -0.25) is 0 Å². The molecule has 2 heterocycles. The number of hydrogen-bond acceptors (Lipinski definition) is 2. The van der Waals surface area contributed by atoms with Crippen molar-refractivity contribution in [2.45, 2.75) is 57.9 Å². The summed E-state index contributed by atoms with van der Waals surface area (Å²) in [6, 6.07) is 10.7. The van der Waals surface area contributed by atoms with Crippen LogP contribution in [0, 0.1) is 0 Å². The van der Waals surface area contributed by atoms with Crippen molar-refractivity contribution in [3.05, 3.63) is 48.3 Å². The molecule has 0 saturated heterocycles. The lowest BCUT2D eigenvalue weighted by atomic mass is 10.0. The molecular weight excluding hydrogens is 296 g/mol. The van der Waals surface area contributed by atoms with Crippen molar-refractivity contribution < 1.29 is 0 Å². The molecule has 3 rings (SSSR count). The minimum Gasteiger partial charge on any atom is -0.357 e. The molecule has 1 aromatic carbocycles. The Bertz CT molecular complexity index is 756. The second kappa shape index (κ2) is 8.13. The van der Waals surface area contributed by atoms with Crippen LogP contribution in [0.1, 0.15) is 63.5 Å². The Hall–Kier alpha value is -2.10. The van der Waals surface area contributed by atoms with Crippen LogP contribution >= 0.6 is 0 Å². The summed E-state index contributed by atoms with van der Waals surface area (Å²) in [6.07, 6.45) is 13.3. The minimum absolute atomic E-state index is 0.268. The Balaban J connectivity index is 1.75. The zero-order chi connectivity index (χ0) is 16.8. The number of aromatic nitrogens is 4. The van der Waals surface area contributed by atoms with Crippen LogP contribution < -0.4 is 0 Å². The summed E-state index contributed by atoms with van der Waals surface area (Å²) in [5.41, 5.74) is 3.42. The minimum atomic E-state index is 0.268. The summed E-state index contributed by atoms with van der Waals surface area (Å²) in [7, 11) is 2.07. The van der Waals surface area contributed by atoms with E-state index in [4.69, 9.17) is 0 Å². The van der Waals surface area contributed by atoms with E-state index in [-0.39, 0.29) is 6.04 Å². The summed E-state index contributed by atoms with van der Waals surface area (Å²) in [5, 5.41) is 8.81. The Morgan fingerprint density at radius 2 is 1.79 bits per heavy atom. The lowest BCUT2D eigenvalue weighted by Gasteiger charge is -2.17. The highest BCUT2D eigenvalue weighted by molar-refractivity contribution is 5.74. The maximum absolute atomic E-state index is 4.47. The molecule has 24 heavy (non-hydrogen) atoms. The number of benzene rings is 1. The molecule has 0 amide bonds. The van der Waals surface area contributed by atoms with Crippen LogP contribution in [0.4, 0.5) is 0 Å². The Kier molecular flexibility index (Phi) is 5.68. The van der Waals surface area contributed by atoms with Gasteiger partial charge in [0.15, 0.2) is 0 Å². The molecule has 128 valence electrons. The predicted molar refractivity (Wildman–Crippen MR) is 99.1 cm³/mol. The summed E-state index contributed by atoms with van der Waals surface area (Å²) >= 11 is 0. The molecule has 0 aliphatic carbocycles. The molecule has 0 bridgehead atoms. The third-order valence-corrected chi connectivity index (χ3v) is 4.74. The highest BCUT2D eigenvalue weighted by Gasteiger charge is 2.18. The summed E-state index contributed by atoms with van der Waals surface area (Å²) in [6.45, 7) is 2.27. The maximum Gasteiger partial charge on any atom is 0.113 e. The van der Waals surface area contributed by atoms with E-state index in [0.29, 0.717) is 0 Å². The highest BCUT2D eigenvalue weighted by Crippen LogP contribution is 2.27. The van der Waals surface area contributed by atoms with E-state index in [2.05, 4.69) is 64.1 Å². The van der Waals surface area contributed by atoms with Crippen molar-refractivity contribution in [2.75, 3.05) is 0 Å². The van der Waals surface area contributed by atoms with Crippen LogP contribution in [-0.4, -0.2) is 19.6 Å². The normalized spacial score (nSPS) is 12.8. The number of fused-ring (bicyclic) bond motifs is 1. The van der Waals surface area contributed by atoms with Gasteiger partial charge in [0.05, 0.1) is 11.6 Å². The molecule has 4 heteroatoms. The summed E-state index contributed by atoms with van der Waals surface area (Å²) in [5.74, 6) is 0. The van der Waals surface area contributed by atoms with E-state index in [0.717, 1.165) is 17.5 Å². The number of para-hydroxylation sites is 1. The topological polar surface area (TPSA) is 35.6 Å². The van der Waals surface area contributed by atoms with Gasteiger partial charge >= 0.3 is 0 Å². The van der Waals surface area contributed by atoms with Crippen molar-refractivity contribution in [3.8, 4) is 0 Å². The third kappa shape index (κ3) is 3.86. The largest absolute Gasteiger partial charge is 0.357 e. The lowest BCUT2D eigenvalue weighted by Crippen LogP contribution is -2.12. The number of aryl methyl sites for hydroxylation is 1. The Labute approximate surface area is 144 Å². The molecule has 1 unspecified atom stereocenters. The van der Waals surface area contributed by atoms with Gasteiger partial charge in [-0.2, -0.15) is 0 Å². The van der Waals surface area contributed by atoms with Gasteiger partial charge in [0.25, 0.3) is 0 Å². The number of hydrogen-bond donors (Lipinski definition) is 0. The van der Waals surface area contributed by atoms with Gasteiger partial charge in [-0.15, -0.1) is 5.10 Å². The van der Waals surface area contributed by atoms with Crippen LogP contribution in [0.5, 0.6) is 0 Å². The average molecular weight is 324 g/mol. The quantitative estimate of drug-likeness (QED) is 0.513. The summed E-state index contributed by atoms with van der Waals surface area (Å²) in [4.78, 5) is 0. The molecule has 0 aliphatic heterocycles. The molecule has 0 fully saturated rings. The fourth-order valence-corrected chi connectivity index (χ4v) is 3.39. The van der Waals surface area contributed by atoms with Gasteiger partial charge in [0.2, 0.25) is 0 Å². The van der Waals surface area contributed by atoms with Crippen LogP contribution in [0.25, 0.3) is 11.0 Å². The van der Waals surface area contributed by atoms with Crippen molar-refractivity contribution in [2.24, 2.45) is 7.05 Å². The van der Waals surface area contributed by atoms with Gasteiger partial charge < -0.3 is 4.57 Å². The monoisotopic (exact) mass is 324 g/mol. The first kappa shape index (κ1) is 16.7. The number of unbranched alkanes of at least 4 members (excludes halogenated alkanes) is 5. The van der Waals surface area contributed by atoms with Crippen LogP contribution in [0.2, 0.25) is 0 Å². The molecular formula is C20H28N4. The molecule has 0 aliphatic rings. The zero-order valence-corrected chi connectivity index (χ0v) is 14.9. The molecule has 0 spiro atoms. The van der Waals surface area contributed by atoms with Crippen LogP contribution in [0.3, 0.4) is 0 Å². The summed E-state index contributed by atoms with van der Waals surface area (Å²) < 4.78 is 4.22. The van der Waals surface area contributed by atoms with E-state index in [1.54, 1.807) is 0 Å². The maximum atomic E-state index is 4.47. The molecule has 0 saturated carbocycles. The van der Waals surface area contributed by atoms with E-state index < -0.39 is 0 Å². The van der Waals surface area contributed by atoms with Crippen molar-refractivity contribution in [1.82, 2.24) is 19.6 Å². The molecule has 4 nitrogen and oxygen atoms in total. The number of nitrogens with zero attached hydrogens (tertiary/aromatic N) is 4. The lowest BCUT2D eigenvalue weighted by molar-refractivity contribution is 0.458. The van der Waals surface area contributed by atoms with Crippen LogP contribution in [0.15, 0.2) is 42.7 Å². The van der Waals surface area contributed by atoms with Crippen molar-refractivity contribution >= 4 is 11.0 Å². The molecule has 0 radical (unpaired) electrons. The predicted octanol–water partition coefficient (Wildman–Crippen LogP) is 5.11. The third-order valence-electron chi connectivity index (χ3n) is 4.74. The van der Waals surface area contributed by atoms with E-state index in [1.165, 1.54) is 44.1 Å². The highest BCUT2D eigenvalue weighted by atomic mass is 15.4. The first-order chi connectivity index (χ1) is 11.8. The second-order valence-electron chi connectivity index (χ2n) is 6.71. The van der Waals surface area contributed by atoms with Gasteiger partial charge in [-0.25, -0.2) is 4.68 Å². The van der Waals surface area contributed by atoms with E-state index >= 15 is 0 Å². The Morgan fingerprint density at radius 1 is 1.00 bits per heavy atom. The van der Waals surface area contributed by atoms with Crippen molar-refractivity contribution in [1.29, 1.82) is 0 Å². The first-order valence-corrected chi connectivity index (χ1v) is 9.21. The van der Waals surface area contributed by atoms with Crippen molar-refractivity contribution in [3.63, 3.8) is 0 Å². The average Bonchev–Trinajstić information content (AvgIpc) is 3.21.